The topological polar surface area (TPSA) is 56.8 Å². The van der Waals surface area contributed by atoms with Gasteiger partial charge in [-0.1, -0.05) is 36.4 Å². The van der Waals surface area contributed by atoms with Crippen LogP contribution in [0.1, 0.15) is 20.7 Å². The van der Waals surface area contributed by atoms with Crippen molar-refractivity contribution in [3.63, 3.8) is 0 Å². The smallest absolute Gasteiger partial charge is 0.253 e. The highest BCUT2D eigenvalue weighted by molar-refractivity contribution is 5.96. The lowest BCUT2D eigenvalue weighted by Crippen LogP contribution is -2.64. The number of benzene rings is 2. The van der Waals surface area contributed by atoms with E-state index in [1.165, 1.54) is 0 Å². The van der Waals surface area contributed by atoms with E-state index < -0.39 is 0 Å². The fourth-order valence-electron chi connectivity index (χ4n) is 4.45. The maximum atomic E-state index is 13.0. The van der Waals surface area contributed by atoms with E-state index in [0.717, 1.165) is 56.0 Å². The Morgan fingerprint density at radius 3 is 2.12 bits per heavy atom. The molecule has 1 aromatic heterocycles. The molecule has 162 valence electrons. The molecule has 0 unspecified atom stereocenters. The molecule has 2 fully saturated rings. The zero-order valence-electron chi connectivity index (χ0n) is 17.9. The molecule has 0 aliphatic carbocycles. The van der Waals surface area contributed by atoms with Gasteiger partial charge in [-0.05, 0) is 35.9 Å². The minimum Gasteiger partial charge on any atom is -0.336 e. The summed E-state index contributed by atoms with van der Waals surface area (Å²) in [6.45, 7) is 4.63. The summed E-state index contributed by atoms with van der Waals surface area (Å²) in [5, 5.41) is 0. The van der Waals surface area contributed by atoms with E-state index in [9.17, 15) is 9.59 Å². The minimum absolute atomic E-state index is 0.0740. The second-order valence-electron chi connectivity index (χ2n) is 8.38. The van der Waals surface area contributed by atoms with Gasteiger partial charge in [0.25, 0.3) is 11.8 Å². The van der Waals surface area contributed by atoms with E-state index in [1.54, 1.807) is 6.20 Å². The molecule has 2 amide bonds. The number of piperazine rings is 1. The van der Waals surface area contributed by atoms with Crippen molar-refractivity contribution in [1.82, 2.24) is 19.7 Å². The lowest BCUT2D eigenvalue weighted by Gasteiger charge is -2.48. The van der Waals surface area contributed by atoms with Crippen molar-refractivity contribution in [1.29, 1.82) is 0 Å². The lowest BCUT2D eigenvalue weighted by atomic mass is 10.0. The summed E-state index contributed by atoms with van der Waals surface area (Å²) in [5.74, 6) is 0.175. The van der Waals surface area contributed by atoms with Crippen LogP contribution in [0.15, 0.2) is 79.1 Å². The number of hydrogen-bond acceptors (Lipinski definition) is 4. The Labute approximate surface area is 188 Å². The predicted molar refractivity (Wildman–Crippen MR) is 123 cm³/mol. The fourth-order valence-corrected chi connectivity index (χ4v) is 4.45. The van der Waals surface area contributed by atoms with Crippen LogP contribution in [0.4, 0.5) is 0 Å². The Kier molecular flexibility index (Phi) is 5.69. The van der Waals surface area contributed by atoms with Crippen molar-refractivity contribution in [3.8, 4) is 11.1 Å². The highest BCUT2D eigenvalue weighted by Crippen LogP contribution is 2.23. The van der Waals surface area contributed by atoms with E-state index in [2.05, 4.69) is 9.88 Å². The maximum absolute atomic E-state index is 13.0. The Morgan fingerprint density at radius 1 is 0.719 bits per heavy atom. The number of likely N-dealkylation sites (tertiary alicyclic amines) is 1. The average Bonchev–Trinajstić information content (AvgIpc) is 2.84. The first kappa shape index (κ1) is 20.4. The van der Waals surface area contributed by atoms with Crippen LogP contribution in [0.3, 0.4) is 0 Å². The van der Waals surface area contributed by atoms with Crippen LogP contribution >= 0.6 is 0 Å². The van der Waals surface area contributed by atoms with E-state index >= 15 is 0 Å². The van der Waals surface area contributed by atoms with Gasteiger partial charge in [-0.15, -0.1) is 0 Å². The molecule has 2 saturated heterocycles. The maximum Gasteiger partial charge on any atom is 0.253 e. The Balaban J connectivity index is 1.14. The molecular weight excluding hydrogens is 400 g/mol. The summed E-state index contributed by atoms with van der Waals surface area (Å²) in [6.07, 6.45) is 3.56. The summed E-state index contributed by atoms with van der Waals surface area (Å²) in [6, 6.07) is 21.5. The van der Waals surface area contributed by atoms with E-state index in [0.29, 0.717) is 11.6 Å². The SMILES string of the molecule is O=C(c1ccccc1)N1CCN(C2CN(C(=O)c3cccc(-c4cccnc4)c3)C2)CC1. The van der Waals surface area contributed by atoms with Crippen LogP contribution < -0.4 is 0 Å². The Hall–Kier alpha value is -3.51. The summed E-state index contributed by atoms with van der Waals surface area (Å²) in [4.78, 5) is 36.0. The number of pyridine rings is 1. The summed E-state index contributed by atoms with van der Waals surface area (Å²) < 4.78 is 0. The highest BCUT2D eigenvalue weighted by Gasteiger charge is 2.37. The monoisotopic (exact) mass is 426 g/mol. The van der Waals surface area contributed by atoms with Gasteiger partial charge in [0, 0.05) is 74.4 Å². The van der Waals surface area contributed by atoms with Gasteiger partial charge >= 0.3 is 0 Å². The van der Waals surface area contributed by atoms with Crippen LogP contribution in [0.25, 0.3) is 11.1 Å². The Morgan fingerprint density at radius 2 is 1.41 bits per heavy atom. The van der Waals surface area contributed by atoms with Crippen molar-refractivity contribution in [3.05, 3.63) is 90.3 Å². The average molecular weight is 427 g/mol. The van der Waals surface area contributed by atoms with Gasteiger partial charge in [0.1, 0.15) is 0 Å². The Bertz CT molecular complexity index is 1090. The predicted octanol–water partition coefficient (Wildman–Crippen LogP) is 3.03. The molecule has 0 bridgehead atoms. The molecule has 2 aliphatic heterocycles. The highest BCUT2D eigenvalue weighted by atomic mass is 16.2. The third kappa shape index (κ3) is 4.14. The van der Waals surface area contributed by atoms with Gasteiger partial charge in [-0.3, -0.25) is 19.5 Å². The molecule has 6 nitrogen and oxygen atoms in total. The number of rotatable bonds is 4. The standard InChI is InChI=1S/C26H26N4O2/c31-25(20-6-2-1-3-7-20)29-14-12-28(13-15-29)24-18-30(19-24)26(32)22-9-4-8-21(16-22)23-10-5-11-27-17-23/h1-11,16-17,24H,12-15,18-19H2. The molecular formula is C26H26N4O2. The second kappa shape index (κ2) is 8.93. The molecule has 3 heterocycles. The first-order valence-electron chi connectivity index (χ1n) is 11.1. The molecule has 0 saturated carbocycles. The van der Waals surface area contributed by atoms with Crippen LogP contribution in [0.5, 0.6) is 0 Å². The summed E-state index contributed by atoms with van der Waals surface area (Å²) in [7, 11) is 0. The lowest BCUT2D eigenvalue weighted by molar-refractivity contribution is 0.00854. The largest absolute Gasteiger partial charge is 0.336 e. The molecule has 0 spiro atoms. The van der Waals surface area contributed by atoms with Crippen molar-refractivity contribution >= 4 is 11.8 Å². The molecule has 6 heteroatoms. The van der Waals surface area contributed by atoms with Gasteiger partial charge in [-0.2, -0.15) is 0 Å². The quantitative estimate of drug-likeness (QED) is 0.644. The number of nitrogens with zero attached hydrogens (tertiary/aromatic N) is 4. The van der Waals surface area contributed by atoms with Gasteiger partial charge in [0.15, 0.2) is 0 Å². The van der Waals surface area contributed by atoms with Crippen LogP contribution in [-0.4, -0.2) is 76.8 Å². The van der Waals surface area contributed by atoms with Crippen molar-refractivity contribution in [2.45, 2.75) is 6.04 Å². The number of carbonyl (C=O) groups is 2. The number of aromatic nitrogens is 1. The second-order valence-corrected chi connectivity index (χ2v) is 8.38. The number of hydrogen-bond donors (Lipinski definition) is 0. The van der Waals surface area contributed by atoms with Gasteiger partial charge in [0.05, 0.1) is 0 Å². The summed E-state index contributed by atoms with van der Waals surface area (Å²) >= 11 is 0. The molecule has 32 heavy (non-hydrogen) atoms. The molecule has 2 aromatic carbocycles. The normalized spacial score (nSPS) is 17.1. The molecule has 0 N–H and O–H groups in total. The van der Waals surface area contributed by atoms with Gasteiger partial charge < -0.3 is 9.80 Å². The molecule has 0 atom stereocenters. The van der Waals surface area contributed by atoms with Crippen LogP contribution in [0, 0.1) is 0 Å². The van der Waals surface area contributed by atoms with E-state index in [-0.39, 0.29) is 11.8 Å². The fraction of sp³-hybridized carbons (Fsp3) is 0.269. The minimum atomic E-state index is 0.0740. The zero-order valence-corrected chi connectivity index (χ0v) is 17.9. The van der Waals surface area contributed by atoms with Crippen LogP contribution in [-0.2, 0) is 0 Å². The van der Waals surface area contributed by atoms with Crippen molar-refractivity contribution < 1.29 is 9.59 Å². The summed E-state index contributed by atoms with van der Waals surface area (Å²) in [5.41, 5.74) is 3.46. The first-order valence-corrected chi connectivity index (χ1v) is 11.1. The molecule has 3 aromatic rings. The number of carbonyl (C=O) groups excluding carboxylic acids is 2. The zero-order chi connectivity index (χ0) is 21.9. The number of amides is 2. The van der Waals surface area contributed by atoms with E-state index in [1.807, 2.05) is 82.7 Å². The third-order valence-corrected chi connectivity index (χ3v) is 6.39. The third-order valence-electron chi connectivity index (χ3n) is 6.39. The van der Waals surface area contributed by atoms with Crippen molar-refractivity contribution in [2.24, 2.45) is 0 Å². The van der Waals surface area contributed by atoms with Gasteiger partial charge in [-0.25, -0.2) is 0 Å². The molecule has 0 radical (unpaired) electrons. The van der Waals surface area contributed by atoms with Gasteiger partial charge in [0.2, 0.25) is 0 Å². The first-order chi connectivity index (χ1) is 15.7. The molecule has 5 rings (SSSR count). The van der Waals surface area contributed by atoms with E-state index in [4.69, 9.17) is 0 Å². The van der Waals surface area contributed by atoms with Crippen molar-refractivity contribution in [2.75, 3.05) is 39.3 Å². The van der Waals surface area contributed by atoms with Crippen LogP contribution in [0.2, 0.25) is 0 Å². The molecule has 2 aliphatic rings.